The minimum Gasteiger partial charge on any atom is -0.228 e. The van der Waals surface area contributed by atoms with Gasteiger partial charge in [-0.1, -0.05) is 206 Å². The minimum absolute atomic E-state index is 0.556. The molecule has 10 aromatic rings. The molecule has 2 aliphatic rings. The molecule has 1 spiro atoms. The van der Waals surface area contributed by atoms with E-state index >= 15 is 0 Å². The van der Waals surface area contributed by atoms with Crippen LogP contribution in [-0.2, 0) is 5.41 Å². The summed E-state index contributed by atoms with van der Waals surface area (Å²) in [5.41, 5.74) is 14.5. The van der Waals surface area contributed by atoms with E-state index in [1.54, 1.807) is 0 Å². The van der Waals surface area contributed by atoms with Crippen LogP contribution in [0.1, 0.15) is 22.3 Å². The van der Waals surface area contributed by atoms with Crippen molar-refractivity contribution in [1.82, 2.24) is 9.97 Å². The molecule has 2 nitrogen and oxygen atoms in total. The number of nitrogens with zero attached hydrogens (tertiary/aromatic N) is 2. The quantitative estimate of drug-likeness (QED) is 0.179. The van der Waals surface area contributed by atoms with Gasteiger partial charge in [0.2, 0.25) is 0 Å². The smallest absolute Gasteiger partial charge is 0.160 e. The molecule has 1 aromatic heterocycles. The number of fused-ring (bicyclic) bond motifs is 13. The molecule has 0 atom stereocenters. The van der Waals surface area contributed by atoms with E-state index in [0.29, 0.717) is 5.82 Å². The van der Waals surface area contributed by atoms with Gasteiger partial charge in [0.05, 0.1) is 16.8 Å². The van der Waals surface area contributed by atoms with Crippen LogP contribution in [0.3, 0.4) is 0 Å². The molecule has 1 aliphatic heterocycles. The Morgan fingerprint density at radius 2 is 0.810 bits per heavy atom. The first-order valence-corrected chi connectivity index (χ1v) is 20.6. The van der Waals surface area contributed by atoms with Crippen LogP contribution in [-0.4, -0.2) is 9.97 Å². The third-order valence-electron chi connectivity index (χ3n) is 12.2. The topological polar surface area (TPSA) is 25.8 Å². The second-order valence-corrected chi connectivity index (χ2v) is 16.3. The predicted octanol–water partition coefficient (Wildman–Crippen LogP) is 14.3. The van der Waals surface area contributed by atoms with Crippen LogP contribution in [0.15, 0.2) is 216 Å². The van der Waals surface area contributed by atoms with Gasteiger partial charge in [-0.05, 0) is 78.2 Å². The van der Waals surface area contributed by atoms with Crippen molar-refractivity contribution < 1.29 is 0 Å². The van der Waals surface area contributed by atoms with Crippen LogP contribution < -0.4 is 0 Å². The molecule has 9 aromatic carbocycles. The molecule has 0 bridgehead atoms. The Labute approximate surface area is 341 Å². The highest BCUT2D eigenvalue weighted by atomic mass is 32.2. The van der Waals surface area contributed by atoms with Gasteiger partial charge in [-0.25, -0.2) is 9.97 Å². The van der Waals surface area contributed by atoms with E-state index in [-0.39, 0.29) is 0 Å². The zero-order chi connectivity index (χ0) is 38.2. The fourth-order valence-electron chi connectivity index (χ4n) is 9.49. The average Bonchev–Trinajstić information content (AvgIpc) is 3.59. The third kappa shape index (κ3) is 4.93. The molecule has 58 heavy (non-hydrogen) atoms. The molecule has 3 heteroatoms. The lowest BCUT2D eigenvalue weighted by molar-refractivity contribution is 0.729. The fraction of sp³-hybridized carbons (Fsp3) is 0.0182. The molecular weight excluding hydrogens is 721 g/mol. The van der Waals surface area contributed by atoms with Crippen molar-refractivity contribution in [3.63, 3.8) is 0 Å². The summed E-state index contributed by atoms with van der Waals surface area (Å²) in [5, 5.41) is 5.07. The number of hydrogen-bond donors (Lipinski definition) is 0. The molecule has 0 saturated heterocycles. The summed E-state index contributed by atoms with van der Waals surface area (Å²) in [7, 11) is 0. The van der Waals surface area contributed by atoms with Gasteiger partial charge in [0.1, 0.15) is 0 Å². The number of benzene rings is 9. The number of hydrogen-bond acceptors (Lipinski definition) is 3. The first-order valence-electron chi connectivity index (χ1n) is 19.8. The van der Waals surface area contributed by atoms with Gasteiger partial charge < -0.3 is 0 Å². The molecular formula is C55H34N2S. The summed E-state index contributed by atoms with van der Waals surface area (Å²) >= 11 is 1.93. The van der Waals surface area contributed by atoms with E-state index in [0.717, 1.165) is 28.1 Å². The van der Waals surface area contributed by atoms with Crippen molar-refractivity contribution in [2.24, 2.45) is 0 Å². The Bertz CT molecular complexity index is 3160. The van der Waals surface area contributed by atoms with Gasteiger partial charge in [-0.2, -0.15) is 0 Å². The van der Waals surface area contributed by atoms with Gasteiger partial charge in [0.15, 0.2) is 5.82 Å². The Morgan fingerprint density at radius 1 is 0.328 bits per heavy atom. The maximum absolute atomic E-state index is 5.37. The molecule has 270 valence electrons. The summed E-state index contributed by atoms with van der Waals surface area (Å²) in [6.45, 7) is 0. The first-order chi connectivity index (χ1) is 28.7. The Hall–Kier alpha value is -7.07. The Balaban J connectivity index is 1.12. The molecule has 1 aliphatic carbocycles. The molecule has 0 amide bonds. The summed E-state index contributed by atoms with van der Waals surface area (Å²) < 4.78 is 0. The highest BCUT2D eigenvalue weighted by Gasteiger charge is 2.51. The number of rotatable bonds is 4. The van der Waals surface area contributed by atoms with Crippen LogP contribution >= 0.6 is 11.8 Å². The zero-order valence-corrected chi connectivity index (χ0v) is 32.2. The lowest BCUT2D eigenvalue weighted by Crippen LogP contribution is -2.32. The summed E-state index contributed by atoms with van der Waals surface area (Å²) in [4.78, 5) is 13.3. The van der Waals surface area contributed by atoms with Gasteiger partial charge in [-0.15, -0.1) is 0 Å². The molecule has 2 heterocycles. The standard InChI is InChI=1S/C55H34N2S/c1-3-13-35(14-4-1)36-23-25-40(26-24-36)51-34-50(39-17-5-2-6-18-39)56-54(57-51)41-27-30-45-44-21-11-12-22-46(44)55(49(45)33-41)47-31-28-37-15-7-9-19-42(37)52(47)58-53-43-20-10-8-16-38(43)29-32-48(53)55/h1-34H. The maximum atomic E-state index is 5.37. The second-order valence-electron chi connectivity index (χ2n) is 15.3. The third-order valence-corrected chi connectivity index (χ3v) is 13.4. The Morgan fingerprint density at radius 3 is 1.47 bits per heavy atom. The minimum atomic E-state index is -0.556. The van der Waals surface area contributed by atoms with Crippen LogP contribution in [0.5, 0.6) is 0 Å². The van der Waals surface area contributed by atoms with E-state index in [1.807, 2.05) is 11.8 Å². The van der Waals surface area contributed by atoms with Gasteiger partial charge in [0, 0.05) is 26.5 Å². The van der Waals surface area contributed by atoms with Crippen molar-refractivity contribution in [2.75, 3.05) is 0 Å². The zero-order valence-electron chi connectivity index (χ0n) is 31.4. The van der Waals surface area contributed by atoms with Crippen molar-refractivity contribution in [3.05, 3.63) is 229 Å². The van der Waals surface area contributed by atoms with Crippen LogP contribution in [0.2, 0.25) is 0 Å². The van der Waals surface area contributed by atoms with E-state index in [1.165, 1.54) is 75.8 Å². The summed E-state index contributed by atoms with van der Waals surface area (Å²) in [6, 6.07) is 74.9. The second kappa shape index (κ2) is 13.0. The summed E-state index contributed by atoms with van der Waals surface area (Å²) in [6.07, 6.45) is 0. The lowest BCUT2D eigenvalue weighted by Gasteiger charge is -2.40. The molecule has 0 fully saturated rings. The number of aromatic nitrogens is 2. The van der Waals surface area contributed by atoms with E-state index in [9.17, 15) is 0 Å². The van der Waals surface area contributed by atoms with Crippen LogP contribution in [0.4, 0.5) is 0 Å². The van der Waals surface area contributed by atoms with Gasteiger partial charge in [-0.3, -0.25) is 0 Å². The molecule has 12 rings (SSSR count). The summed E-state index contributed by atoms with van der Waals surface area (Å²) in [5.74, 6) is 0.708. The predicted molar refractivity (Wildman–Crippen MR) is 240 cm³/mol. The van der Waals surface area contributed by atoms with Crippen molar-refractivity contribution in [1.29, 1.82) is 0 Å². The fourth-order valence-corrected chi connectivity index (χ4v) is 10.9. The molecule has 0 unspecified atom stereocenters. The molecule has 0 saturated carbocycles. The van der Waals surface area contributed by atoms with Gasteiger partial charge >= 0.3 is 0 Å². The van der Waals surface area contributed by atoms with E-state index in [4.69, 9.17) is 9.97 Å². The SMILES string of the molecule is c1ccc(-c2ccc(-c3cc(-c4ccccc4)nc(-c4ccc5c(c4)C4(c6ccccc6-5)c5ccc6ccccc6c5Sc5c4ccc4ccccc54)n3)cc2)cc1. The van der Waals surface area contributed by atoms with Crippen molar-refractivity contribution in [3.8, 4) is 56.2 Å². The van der Waals surface area contributed by atoms with Crippen LogP contribution in [0.25, 0.3) is 77.7 Å². The Kier molecular flexibility index (Phi) is 7.41. The lowest BCUT2D eigenvalue weighted by atomic mass is 9.66. The molecule has 0 N–H and O–H groups in total. The van der Waals surface area contributed by atoms with Gasteiger partial charge in [0.25, 0.3) is 0 Å². The monoisotopic (exact) mass is 754 g/mol. The van der Waals surface area contributed by atoms with Crippen molar-refractivity contribution >= 4 is 33.3 Å². The average molecular weight is 755 g/mol. The highest BCUT2D eigenvalue weighted by molar-refractivity contribution is 8.00. The highest BCUT2D eigenvalue weighted by Crippen LogP contribution is 2.64. The van der Waals surface area contributed by atoms with Crippen LogP contribution in [0, 0.1) is 0 Å². The molecule has 0 radical (unpaired) electrons. The first kappa shape index (κ1) is 33.1. The van der Waals surface area contributed by atoms with E-state index in [2.05, 4.69) is 206 Å². The normalized spacial score (nSPS) is 13.2. The largest absolute Gasteiger partial charge is 0.228 e. The van der Waals surface area contributed by atoms with Crippen molar-refractivity contribution in [2.45, 2.75) is 15.2 Å². The van der Waals surface area contributed by atoms with E-state index < -0.39 is 5.41 Å². The maximum Gasteiger partial charge on any atom is 0.160 e.